The summed E-state index contributed by atoms with van der Waals surface area (Å²) in [6, 6.07) is 3.87. The van der Waals surface area contributed by atoms with Crippen molar-refractivity contribution in [2.75, 3.05) is 32.7 Å². The minimum atomic E-state index is 0.417. The lowest BCUT2D eigenvalue weighted by atomic mass is 10.1. The Labute approximate surface area is 111 Å². The minimum absolute atomic E-state index is 0.417. The second-order valence-electron chi connectivity index (χ2n) is 4.57. The van der Waals surface area contributed by atoms with Gasteiger partial charge in [0.15, 0.2) is 0 Å². The lowest BCUT2D eigenvalue weighted by Crippen LogP contribution is -2.44. The second-order valence-corrected chi connectivity index (χ2v) is 5.43. The largest absolute Gasteiger partial charge is 0.508 e. The number of aryl methyl sites for hydroxylation is 1. The fourth-order valence-electron chi connectivity index (χ4n) is 2.12. The molecule has 1 aliphatic heterocycles. The van der Waals surface area contributed by atoms with E-state index in [1.54, 1.807) is 0 Å². The number of piperazine rings is 1. The molecule has 0 aliphatic carbocycles. The first-order valence-electron chi connectivity index (χ1n) is 6.08. The molecule has 0 radical (unpaired) electrons. The zero-order chi connectivity index (χ0) is 12.3. The summed E-state index contributed by atoms with van der Waals surface area (Å²) in [4.78, 5) is 2.43. The van der Waals surface area contributed by atoms with Crippen LogP contribution in [-0.2, 0) is 6.42 Å². The van der Waals surface area contributed by atoms with Gasteiger partial charge in [-0.15, -0.1) is 0 Å². The summed E-state index contributed by atoms with van der Waals surface area (Å²) < 4.78 is 1.07. The Balaban J connectivity index is 1.96. The molecular weight excluding hydrogens is 280 g/mol. The highest BCUT2D eigenvalue weighted by molar-refractivity contribution is 9.10. The standard InChI is InChI=1S/C13H19BrN2O/c1-10-8-13(17)11(9-12(10)14)2-5-16-6-3-15-4-7-16/h8-9,15,17H,2-7H2,1H3. The average molecular weight is 299 g/mol. The number of nitrogens with one attached hydrogen (secondary N) is 1. The number of benzene rings is 1. The molecule has 0 aromatic heterocycles. The molecule has 3 nitrogen and oxygen atoms in total. The van der Waals surface area contributed by atoms with E-state index in [0.29, 0.717) is 5.75 Å². The van der Waals surface area contributed by atoms with Crippen molar-refractivity contribution in [2.45, 2.75) is 13.3 Å². The molecular formula is C13H19BrN2O. The Hall–Kier alpha value is -0.580. The lowest BCUT2D eigenvalue weighted by molar-refractivity contribution is 0.243. The van der Waals surface area contributed by atoms with Gasteiger partial charge in [0.2, 0.25) is 0 Å². The van der Waals surface area contributed by atoms with Crippen molar-refractivity contribution < 1.29 is 5.11 Å². The predicted octanol–water partition coefficient (Wildman–Crippen LogP) is 1.91. The summed E-state index contributed by atoms with van der Waals surface area (Å²) in [6.07, 6.45) is 0.907. The Kier molecular flexibility index (Phi) is 4.42. The molecule has 0 spiro atoms. The van der Waals surface area contributed by atoms with Gasteiger partial charge in [0, 0.05) is 37.2 Å². The van der Waals surface area contributed by atoms with Gasteiger partial charge in [-0.25, -0.2) is 0 Å². The van der Waals surface area contributed by atoms with Gasteiger partial charge in [0.05, 0.1) is 0 Å². The molecule has 94 valence electrons. The van der Waals surface area contributed by atoms with Crippen LogP contribution in [0.4, 0.5) is 0 Å². The number of aromatic hydroxyl groups is 1. The molecule has 0 saturated carbocycles. The third-order valence-electron chi connectivity index (χ3n) is 3.27. The number of hydrogen-bond acceptors (Lipinski definition) is 3. The predicted molar refractivity (Wildman–Crippen MR) is 73.6 cm³/mol. The maximum absolute atomic E-state index is 9.89. The van der Waals surface area contributed by atoms with Crippen LogP contribution in [0.1, 0.15) is 11.1 Å². The lowest BCUT2D eigenvalue weighted by Gasteiger charge is -2.27. The summed E-state index contributed by atoms with van der Waals surface area (Å²) in [5.74, 6) is 0.417. The highest BCUT2D eigenvalue weighted by atomic mass is 79.9. The normalized spacial score (nSPS) is 17.3. The summed E-state index contributed by atoms with van der Waals surface area (Å²) in [6.45, 7) is 7.36. The van der Waals surface area contributed by atoms with Crippen LogP contribution in [0.15, 0.2) is 16.6 Å². The second kappa shape index (κ2) is 5.85. The highest BCUT2D eigenvalue weighted by Crippen LogP contribution is 2.26. The van der Waals surface area contributed by atoms with Crippen molar-refractivity contribution >= 4 is 15.9 Å². The molecule has 0 unspecified atom stereocenters. The monoisotopic (exact) mass is 298 g/mol. The van der Waals surface area contributed by atoms with Crippen LogP contribution < -0.4 is 5.32 Å². The first kappa shape index (κ1) is 12.9. The first-order chi connectivity index (χ1) is 8.16. The summed E-state index contributed by atoms with van der Waals surface area (Å²) >= 11 is 3.51. The molecule has 1 aliphatic rings. The van der Waals surface area contributed by atoms with Gasteiger partial charge in [-0.05, 0) is 36.6 Å². The van der Waals surface area contributed by atoms with Crippen LogP contribution >= 0.6 is 15.9 Å². The Bertz CT molecular complexity index is 389. The topological polar surface area (TPSA) is 35.5 Å². The van der Waals surface area contributed by atoms with Crippen molar-refractivity contribution in [1.29, 1.82) is 0 Å². The number of halogens is 1. The van der Waals surface area contributed by atoms with Crippen LogP contribution in [0, 0.1) is 6.92 Å². The van der Waals surface area contributed by atoms with Crippen molar-refractivity contribution in [3.05, 3.63) is 27.7 Å². The number of phenolic OH excluding ortho intramolecular Hbond substituents is 1. The van der Waals surface area contributed by atoms with Crippen LogP contribution in [0.3, 0.4) is 0 Å². The van der Waals surface area contributed by atoms with E-state index in [4.69, 9.17) is 0 Å². The van der Waals surface area contributed by atoms with E-state index in [0.717, 1.165) is 54.7 Å². The molecule has 1 fully saturated rings. The summed E-state index contributed by atoms with van der Waals surface area (Å²) in [5.41, 5.74) is 2.11. The highest BCUT2D eigenvalue weighted by Gasteiger charge is 2.11. The molecule has 1 heterocycles. The number of rotatable bonds is 3. The fourth-order valence-corrected chi connectivity index (χ4v) is 2.51. The van der Waals surface area contributed by atoms with E-state index in [9.17, 15) is 5.11 Å². The fraction of sp³-hybridized carbons (Fsp3) is 0.538. The van der Waals surface area contributed by atoms with Crippen LogP contribution in [0.25, 0.3) is 0 Å². The van der Waals surface area contributed by atoms with Gasteiger partial charge in [0.25, 0.3) is 0 Å². The molecule has 4 heteroatoms. The van der Waals surface area contributed by atoms with E-state index in [1.807, 2.05) is 19.1 Å². The van der Waals surface area contributed by atoms with Gasteiger partial charge in [-0.1, -0.05) is 15.9 Å². The number of phenols is 1. The van der Waals surface area contributed by atoms with Crippen LogP contribution in [0.2, 0.25) is 0 Å². The van der Waals surface area contributed by atoms with Gasteiger partial charge >= 0.3 is 0 Å². The minimum Gasteiger partial charge on any atom is -0.508 e. The molecule has 2 rings (SSSR count). The zero-order valence-corrected chi connectivity index (χ0v) is 11.8. The summed E-state index contributed by atoms with van der Waals surface area (Å²) in [7, 11) is 0. The molecule has 0 atom stereocenters. The van der Waals surface area contributed by atoms with Crippen molar-refractivity contribution in [1.82, 2.24) is 10.2 Å². The van der Waals surface area contributed by atoms with Gasteiger partial charge in [0.1, 0.15) is 5.75 Å². The number of nitrogens with zero attached hydrogens (tertiary/aromatic N) is 1. The van der Waals surface area contributed by atoms with E-state index in [-0.39, 0.29) is 0 Å². The smallest absolute Gasteiger partial charge is 0.119 e. The Morgan fingerprint density at radius 3 is 2.76 bits per heavy atom. The number of hydrogen-bond donors (Lipinski definition) is 2. The van der Waals surface area contributed by atoms with E-state index < -0.39 is 0 Å². The molecule has 1 saturated heterocycles. The van der Waals surface area contributed by atoms with Crippen molar-refractivity contribution in [3.63, 3.8) is 0 Å². The van der Waals surface area contributed by atoms with Gasteiger partial charge in [-0.2, -0.15) is 0 Å². The molecule has 0 amide bonds. The van der Waals surface area contributed by atoms with E-state index >= 15 is 0 Å². The quantitative estimate of drug-likeness (QED) is 0.895. The maximum Gasteiger partial charge on any atom is 0.119 e. The molecule has 0 bridgehead atoms. The first-order valence-corrected chi connectivity index (χ1v) is 6.87. The summed E-state index contributed by atoms with van der Waals surface area (Å²) in [5, 5.41) is 13.2. The molecule has 2 N–H and O–H groups in total. The van der Waals surface area contributed by atoms with Gasteiger partial charge < -0.3 is 15.3 Å². The zero-order valence-electron chi connectivity index (χ0n) is 10.2. The Morgan fingerprint density at radius 1 is 1.35 bits per heavy atom. The van der Waals surface area contributed by atoms with E-state index in [1.165, 1.54) is 0 Å². The third-order valence-corrected chi connectivity index (χ3v) is 4.12. The van der Waals surface area contributed by atoms with Crippen molar-refractivity contribution in [2.24, 2.45) is 0 Å². The maximum atomic E-state index is 9.89. The Morgan fingerprint density at radius 2 is 2.06 bits per heavy atom. The van der Waals surface area contributed by atoms with E-state index in [2.05, 4.69) is 26.1 Å². The van der Waals surface area contributed by atoms with Gasteiger partial charge in [-0.3, -0.25) is 0 Å². The SMILES string of the molecule is Cc1cc(O)c(CCN2CCNCC2)cc1Br. The molecule has 1 aromatic carbocycles. The average Bonchev–Trinajstić information content (AvgIpc) is 2.33. The van der Waals surface area contributed by atoms with Crippen LogP contribution in [-0.4, -0.2) is 42.7 Å². The van der Waals surface area contributed by atoms with Crippen molar-refractivity contribution in [3.8, 4) is 5.75 Å². The third kappa shape index (κ3) is 3.44. The van der Waals surface area contributed by atoms with Crippen LogP contribution in [0.5, 0.6) is 5.75 Å². The molecule has 1 aromatic rings. The molecule has 17 heavy (non-hydrogen) atoms.